The minimum atomic E-state index is -0.254. The Morgan fingerprint density at radius 1 is 1.38 bits per heavy atom. The third-order valence-corrected chi connectivity index (χ3v) is 3.06. The van der Waals surface area contributed by atoms with Crippen LogP contribution in [-0.2, 0) is 4.79 Å². The van der Waals surface area contributed by atoms with E-state index in [1.165, 1.54) is 0 Å². The molecule has 0 bridgehead atoms. The van der Waals surface area contributed by atoms with E-state index in [1.54, 1.807) is 0 Å². The van der Waals surface area contributed by atoms with E-state index in [-0.39, 0.29) is 17.4 Å². The van der Waals surface area contributed by atoms with Crippen molar-refractivity contribution in [2.75, 3.05) is 6.61 Å². The van der Waals surface area contributed by atoms with Gasteiger partial charge in [-0.2, -0.15) is 0 Å². The molecule has 1 saturated carbocycles. The molecule has 0 aromatic rings. The topological polar surface area (TPSA) is 37.3 Å². The lowest BCUT2D eigenvalue weighted by atomic mass is 9.59. The van der Waals surface area contributed by atoms with Gasteiger partial charge in [0.15, 0.2) is 0 Å². The molecule has 0 aromatic heterocycles. The van der Waals surface area contributed by atoms with Gasteiger partial charge in [0, 0.05) is 17.4 Å². The first-order valence-electron chi connectivity index (χ1n) is 5.08. The number of ketones is 1. The van der Waals surface area contributed by atoms with Gasteiger partial charge in [-0.25, -0.2) is 0 Å². The van der Waals surface area contributed by atoms with Crippen molar-refractivity contribution in [3.05, 3.63) is 0 Å². The maximum absolute atomic E-state index is 12.0. The molecule has 0 radical (unpaired) electrons. The Balaban J connectivity index is 2.72. The number of rotatable bonds is 3. The first kappa shape index (κ1) is 10.7. The Morgan fingerprint density at radius 2 is 1.92 bits per heavy atom. The fraction of sp³-hybridized carbons (Fsp3) is 0.909. The fourth-order valence-corrected chi connectivity index (χ4v) is 2.20. The summed E-state index contributed by atoms with van der Waals surface area (Å²) in [6.45, 7) is 6.04. The van der Waals surface area contributed by atoms with Crippen LogP contribution in [0.15, 0.2) is 0 Å². The zero-order chi connectivity index (χ0) is 10.1. The van der Waals surface area contributed by atoms with E-state index in [1.807, 2.05) is 20.8 Å². The second-order valence-corrected chi connectivity index (χ2v) is 5.19. The standard InChI is InChI=1S/C11H20O2/c1-10(2,3)9(13)11(7-8-12)5-4-6-11/h12H,4-8H2,1-3H3. The summed E-state index contributed by atoms with van der Waals surface area (Å²) < 4.78 is 0. The molecular formula is C11H20O2. The van der Waals surface area contributed by atoms with Crippen LogP contribution < -0.4 is 0 Å². The van der Waals surface area contributed by atoms with E-state index in [2.05, 4.69) is 0 Å². The molecule has 1 rings (SSSR count). The Morgan fingerprint density at radius 3 is 2.15 bits per heavy atom. The Kier molecular flexibility index (Phi) is 2.81. The smallest absolute Gasteiger partial charge is 0.144 e. The lowest BCUT2D eigenvalue weighted by molar-refractivity contribution is -0.143. The van der Waals surface area contributed by atoms with Crippen LogP contribution in [0.2, 0.25) is 0 Å². The van der Waals surface area contributed by atoms with Crippen LogP contribution in [0.5, 0.6) is 0 Å². The van der Waals surface area contributed by atoms with Crippen LogP contribution >= 0.6 is 0 Å². The quantitative estimate of drug-likeness (QED) is 0.729. The molecule has 76 valence electrons. The first-order valence-corrected chi connectivity index (χ1v) is 5.08. The van der Waals surface area contributed by atoms with Gasteiger partial charge in [0.25, 0.3) is 0 Å². The molecule has 0 spiro atoms. The third-order valence-electron chi connectivity index (χ3n) is 3.06. The largest absolute Gasteiger partial charge is 0.396 e. The predicted molar refractivity (Wildman–Crippen MR) is 52.4 cm³/mol. The second kappa shape index (κ2) is 3.41. The molecule has 1 aliphatic rings. The maximum Gasteiger partial charge on any atom is 0.144 e. The highest BCUT2D eigenvalue weighted by Gasteiger charge is 2.47. The molecule has 0 heterocycles. The molecule has 1 fully saturated rings. The molecule has 0 unspecified atom stereocenters. The van der Waals surface area contributed by atoms with Gasteiger partial charge in [-0.05, 0) is 19.3 Å². The number of aliphatic hydroxyl groups excluding tert-OH is 1. The van der Waals surface area contributed by atoms with Crippen molar-refractivity contribution in [2.45, 2.75) is 46.5 Å². The van der Waals surface area contributed by atoms with E-state index in [0.717, 1.165) is 19.3 Å². The predicted octanol–water partition coefficient (Wildman–Crippen LogP) is 2.15. The number of carbonyl (C=O) groups excluding carboxylic acids is 1. The second-order valence-electron chi connectivity index (χ2n) is 5.19. The zero-order valence-corrected chi connectivity index (χ0v) is 8.89. The Labute approximate surface area is 80.3 Å². The van der Waals surface area contributed by atoms with Crippen LogP contribution in [0.3, 0.4) is 0 Å². The van der Waals surface area contributed by atoms with Crippen LogP contribution in [0.4, 0.5) is 0 Å². The van der Waals surface area contributed by atoms with Gasteiger partial charge in [0.2, 0.25) is 0 Å². The van der Waals surface area contributed by atoms with Crippen molar-refractivity contribution in [1.82, 2.24) is 0 Å². The molecule has 2 nitrogen and oxygen atoms in total. The van der Waals surface area contributed by atoms with Gasteiger partial charge >= 0.3 is 0 Å². The summed E-state index contributed by atoms with van der Waals surface area (Å²) in [4.78, 5) is 12.0. The maximum atomic E-state index is 12.0. The monoisotopic (exact) mass is 184 g/mol. The summed E-state index contributed by atoms with van der Waals surface area (Å²) in [5.74, 6) is 0.334. The number of carbonyl (C=O) groups is 1. The van der Waals surface area contributed by atoms with E-state index >= 15 is 0 Å². The van der Waals surface area contributed by atoms with Gasteiger partial charge < -0.3 is 5.11 Å². The molecule has 1 aliphatic carbocycles. The molecular weight excluding hydrogens is 164 g/mol. The highest BCUT2D eigenvalue weighted by Crippen LogP contribution is 2.48. The fourth-order valence-electron chi connectivity index (χ4n) is 2.20. The van der Waals surface area contributed by atoms with Crippen molar-refractivity contribution >= 4 is 5.78 Å². The van der Waals surface area contributed by atoms with E-state index in [4.69, 9.17) is 5.11 Å². The molecule has 1 N–H and O–H groups in total. The third kappa shape index (κ3) is 1.93. The Bertz CT molecular complexity index is 197. The van der Waals surface area contributed by atoms with Crippen molar-refractivity contribution < 1.29 is 9.90 Å². The minimum Gasteiger partial charge on any atom is -0.396 e. The number of hydrogen-bond acceptors (Lipinski definition) is 2. The van der Waals surface area contributed by atoms with Crippen LogP contribution in [0.25, 0.3) is 0 Å². The molecule has 13 heavy (non-hydrogen) atoms. The summed E-state index contributed by atoms with van der Waals surface area (Å²) >= 11 is 0. The highest BCUT2D eigenvalue weighted by molar-refractivity contribution is 5.90. The van der Waals surface area contributed by atoms with Gasteiger partial charge in [-0.3, -0.25) is 4.79 Å². The molecule has 2 heteroatoms. The van der Waals surface area contributed by atoms with Crippen LogP contribution in [0, 0.1) is 10.8 Å². The highest BCUT2D eigenvalue weighted by atomic mass is 16.3. The van der Waals surface area contributed by atoms with Crippen molar-refractivity contribution in [2.24, 2.45) is 10.8 Å². The number of aliphatic hydroxyl groups is 1. The molecule has 0 amide bonds. The minimum absolute atomic E-state index is 0.141. The summed E-state index contributed by atoms with van der Waals surface area (Å²) in [6, 6.07) is 0. The number of Topliss-reactive ketones (excluding diaryl/α,β-unsaturated/α-hetero) is 1. The van der Waals surface area contributed by atoms with Crippen molar-refractivity contribution in [3.8, 4) is 0 Å². The number of hydrogen-bond donors (Lipinski definition) is 1. The average molecular weight is 184 g/mol. The molecule has 0 aromatic carbocycles. The summed E-state index contributed by atoms with van der Waals surface area (Å²) in [5, 5.41) is 8.93. The van der Waals surface area contributed by atoms with E-state index in [0.29, 0.717) is 12.2 Å². The summed E-state index contributed by atoms with van der Waals surface area (Å²) in [6.07, 6.45) is 3.75. The lowest BCUT2D eigenvalue weighted by Crippen LogP contribution is -2.44. The zero-order valence-electron chi connectivity index (χ0n) is 8.89. The lowest BCUT2D eigenvalue weighted by Gasteiger charge is -2.43. The summed E-state index contributed by atoms with van der Waals surface area (Å²) in [5.41, 5.74) is -0.428. The normalized spacial score (nSPS) is 20.9. The first-order chi connectivity index (χ1) is 5.92. The molecule has 0 aliphatic heterocycles. The van der Waals surface area contributed by atoms with Crippen molar-refractivity contribution in [1.29, 1.82) is 0 Å². The van der Waals surface area contributed by atoms with Gasteiger partial charge in [-0.1, -0.05) is 27.2 Å². The van der Waals surface area contributed by atoms with Crippen LogP contribution in [-0.4, -0.2) is 17.5 Å². The van der Waals surface area contributed by atoms with Gasteiger partial charge in [-0.15, -0.1) is 0 Å². The van der Waals surface area contributed by atoms with Gasteiger partial charge in [0.1, 0.15) is 5.78 Å². The van der Waals surface area contributed by atoms with E-state index in [9.17, 15) is 4.79 Å². The van der Waals surface area contributed by atoms with Crippen molar-refractivity contribution in [3.63, 3.8) is 0 Å². The SMILES string of the molecule is CC(C)(C)C(=O)C1(CCO)CCC1. The molecule has 0 atom stereocenters. The molecule has 0 saturated heterocycles. The van der Waals surface area contributed by atoms with Gasteiger partial charge in [0.05, 0.1) is 0 Å². The Hall–Kier alpha value is -0.370. The van der Waals surface area contributed by atoms with E-state index < -0.39 is 0 Å². The summed E-state index contributed by atoms with van der Waals surface area (Å²) in [7, 11) is 0. The average Bonchev–Trinajstić information content (AvgIpc) is 1.93. The van der Waals surface area contributed by atoms with Crippen LogP contribution in [0.1, 0.15) is 46.5 Å².